The smallest absolute Gasteiger partial charge is 0.315 e. The quantitative estimate of drug-likeness (QED) is 0.659. The fourth-order valence-electron chi connectivity index (χ4n) is 3.47. The second kappa shape index (κ2) is 8.29. The predicted molar refractivity (Wildman–Crippen MR) is 108 cm³/mol. The summed E-state index contributed by atoms with van der Waals surface area (Å²) in [6.07, 6.45) is 6.13. The highest BCUT2D eigenvalue weighted by molar-refractivity contribution is 7.10. The molecule has 2 amide bonds. The minimum atomic E-state index is -0.175. The fourth-order valence-corrected chi connectivity index (χ4v) is 4.50. The van der Waals surface area contributed by atoms with Gasteiger partial charge in [-0.2, -0.15) is 0 Å². The van der Waals surface area contributed by atoms with Crippen molar-refractivity contribution in [3.63, 3.8) is 0 Å². The second-order valence-electron chi connectivity index (χ2n) is 6.68. The molecule has 0 aromatic carbocycles. The summed E-state index contributed by atoms with van der Waals surface area (Å²) in [4.78, 5) is 20.5. The van der Waals surface area contributed by atoms with Gasteiger partial charge in [0.15, 0.2) is 0 Å². The van der Waals surface area contributed by atoms with E-state index in [9.17, 15) is 4.79 Å². The van der Waals surface area contributed by atoms with Crippen LogP contribution in [0.15, 0.2) is 42.0 Å². The van der Waals surface area contributed by atoms with Crippen molar-refractivity contribution in [3.8, 4) is 0 Å². The van der Waals surface area contributed by atoms with Crippen molar-refractivity contribution in [1.82, 2.24) is 24.9 Å². The van der Waals surface area contributed by atoms with Gasteiger partial charge in [0.05, 0.1) is 23.3 Å². The van der Waals surface area contributed by atoms with E-state index in [1.54, 1.807) is 23.6 Å². The highest BCUT2D eigenvalue weighted by Gasteiger charge is 2.24. The van der Waals surface area contributed by atoms with E-state index in [-0.39, 0.29) is 12.1 Å². The Morgan fingerprint density at radius 2 is 2.07 bits per heavy atom. The zero-order chi connectivity index (χ0) is 18.6. The summed E-state index contributed by atoms with van der Waals surface area (Å²) in [5.41, 5.74) is 1.60. The van der Waals surface area contributed by atoms with E-state index in [4.69, 9.17) is 11.6 Å². The number of hydrogen-bond donors (Lipinski definition) is 2. The van der Waals surface area contributed by atoms with E-state index < -0.39 is 0 Å². The number of nitrogens with one attached hydrogen (secondary N) is 2. The average Bonchev–Trinajstić information content (AvgIpc) is 3.41. The molecule has 0 saturated carbocycles. The lowest BCUT2D eigenvalue weighted by Crippen LogP contribution is -2.41. The average molecular weight is 404 g/mol. The molecule has 1 unspecified atom stereocenters. The molecular formula is C19H22ClN5OS. The number of rotatable bonds is 6. The van der Waals surface area contributed by atoms with Crippen molar-refractivity contribution in [3.05, 3.63) is 57.6 Å². The Morgan fingerprint density at radius 1 is 1.22 bits per heavy atom. The number of halogens is 1. The lowest BCUT2D eigenvalue weighted by Gasteiger charge is -2.26. The molecule has 1 aliphatic rings. The summed E-state index contributed by atoms with van der Waals surface area (Å²) in [5, 5.41) is 8.66. The number of fused-ring (bicyclic) bond motifs is 1. The first-order chi connectivity index (χ1) is 13.2. The van der Waals surface area contributed by atoms with Gasteiger partial charge in [-0.25, -0.2) is 9.78 Å². The van der Waals surface area contributed by atoms with Gasteiger partial charge in [-0.1, -0.05) is 17.7 Å². The molecule has 1 atom stereocenters. The molecule has 3 aromatic heterocycles. The molecule has 0 bridgehead atoms. The molecule has 0 radical (unpaired) electrons. The number of nitrogens with zero attached hydrogens (tertiary/aromatic N) is 3. The Kier molecular flexibility index (Phi) is 5.61. The summed E-state index contributed by atoms with van der Waals surface area (Å²) in [6.45, 7) is 3.16. The molecule has 4 rings (SSSR count). The van der Waals surface area contributed by atoms with E-state index in [2.05, 4.69) is 38.0 Å². The lowest BCUT2D eigenvalue weighted by atomic mass is 10.2. The van der Waals surface area contributed by atoms with Crippen LogP contribution in [0.25, 0.3) is 5.65 Å². The third-order valence-corrected chi connectivity index (χ3v) is 6.00. The van der Waals surface area contributed by atoms with Crippen LogP contribution in [0.3, 0.4) is 0 Å². The Bertz CT molecular complexity index is 904. The standard InChI is InChI=1S/C19H22ClN5OS/c20-14-5-6-18-23-15(13-25(18)12-14)10-21-19(26)22-11-16(17-4-3-9-27-17)24-7-1-2-8-24/h3-6,9,12-13,16H,1-2,7-8,10-11H2,(H2,21,22,26). The Labute approximate surface area is 167 Å². The molecule has 1 aliphatic heterocycles. The molecule has 1 fully saturated rings. The summed E-state index contributed by atoms with van der Waals surface area (Å²) in [7, 11) is 0. The van der Waals surface area contributed by atoms with E-state index in [1.165, 1.54) is 17.7 Å². The minimum Gasteiger partial charge on any atom is -0.336 e. The number of pyridine rings is 1. The van der Waals surface area contributed by atoms with Gasteiger partial charge in [-0.05, 0) is 49.5 Å². The van der Waals surface area contributed by atoms with Crippen LogP contribution in [0.2, 0.25) is 5.02 Å². The third-order valence-electron chi connectivity index (χ3n) is 4.80. The molecule has 3 aromatic rings. The first-order valence-electron chi connectivity index (χ1n) is 9.11. The molecule has 0 aliphatic carbocycles. The third kappa shape index (κ3) is 4.43. The fraction of sp³-hybridized carbons (Fsp3) is 0.368. The summed E-state index contributed by atoms with van der Waals surface area (Å²) < 4.78 is 1.86. The molecule has 8 heteroatoms. The molecule has 2 N–H and O–H groups in total. The highest BCUT2D eigenvalue weighted by Crippen LogP contribution is 2.27. The van der Waals surface area contributed by atoms with Crippen LogP contribution in [-0.4, -0.2) is 39.9 Å². The van der Waals surface area contributed by atoms with Crippen LogP contribution in [0.5, 0.6) is 0 Å². The van der Waals surface area contributed by atoms with E-state index in [1.807, 2.05) is 16.7 Å². The van der Waals surface area contributed by atoms with Gasteiger partial charge in [0.2, 0.25) is 0 Å². The van der Waals surface area contributed by atoms with Crippen LogP contribution in [0.1, 0.15) is 29.5 Å². The van der Waals surface area contributed by atoms with Crippen molar-refractivity contribution < 1.29 is 4.79 Å². The van der Waals surface area contributed by atoms with Crippen LogP contribution in [-0.2, 0) is 6.54 Å². The Morgan fingerprint density at radius 3 is 2.85 bits per heavy atom. The number of likely N-dealkylation sites (tertiary alicyclic amines) is 1. The predicted octanol–water partition coefficient (Wildman–Crippen LogP) is 3.69. The summed E-state index contributed by atoms with van der Waals surface area (Å²) in [6, 6.07) is 7.94. The Hall–Kier alpha value is -2.09. The maximum Gasteiger partial charge on any atom is 0.315 e. The van der Waals surface area contributed by atoms with Gasteiger partial charge in [-0.3, -0.25) is 4.90 Å². The van der Waals surface area contributed by atoms with E-state index in [0.717, 1.165) is 24.4 Å². The maximum atomic E-state index is 12.3. The second-order valence-corrected chi connectivity index (χ2v) is 8.10. The number of thiophene rings is 1. The van der Waals surface area contributed by atoms with E-state index >= 15 is 0 Å². The first kappa shape index (κ1) is 18.3. The number of urea groups is 1. The van der Waals surface area contributed by atoms with Crippen LogP contribution < -0.4 is 10.6 Å². The van der Waals surface area contributed by atoms with Crippen LogP contribution >= 0.6 is 22.9 Å². The molecular weight excluding hydrogens is 382 g/mol. The number of imidazole rings is 1. The minimum absolute atomic E-state index is 0.175. The molecule has 142 valence electrons. The number of amides is 2. The lowest BCUT2D eigenvalue weighted by molar-refractivity contribution is 0.222. The van der Waals surface area contributed by atoms with Gasteiger partial charge in [0.25, 0.3) is 0 Å². The number of hydrogen-bond acceptors (Lipinski definition) is 4. The van der Waals surface area contributed by atoms with Gasteiger partial charge in [-0.15, -0.1) is 11.3 Å². The molecule has 6 nitrogen and oxygen atoms in total. The van der Waals surface area contributed by atoms with Crippen LogP contribution in [0.4, 0.5) is 4.79 Å². The maximum absolute atomic E-state index is 12.3. The highest BCUT2D eigenvalue weighted by atomic mass is 35.5. The zero-order valence-electron chi connectivity index (χ0n) is 14.9. The monoisotopic (exact) mass is 403 g/mol. The van der Waals surface area contributed by atoms with Gasteiger partial charge in [0.1, 0.15) is 5.65 Å². The molecule has 27 heavy (non-hydrogen) atoms. The van der Waals surface area contributed by atoms with Gasteiger partial charge >= 0.3 is 6.03 Å². The summed E-state index contributed by atoms with van der Waals surface area (Å²) in [5.74, 6) is 0. The normalized spacial score (nSPS) is 15.9. The van der Waals surface area contributed by atoms with Crippen molar-refractivity contribution in [2.45, 2.75) is 25.4 Å². The number of carbonyl (C=O) groups excluding carboxylic acids is 1. The van der Waals surface area contributed by atoms with Crippen molar-refractivity contribution >= 4 is 34.6 Å². The number of carbonyl (C=O) groups is 1. The zero-order valence-corrected chi connectivity index (χ0v) is 16.5. The van der Waals surface area contributed by atoms with E-state index in [0.29, 0.717) is 18.1 Å². The van der Waals surface area contributed by atoms with Crippen molar-refractivity contribution in [2.24, 2.45) is 0 Å². The first-order valence-corrected chi connectivity index (χ1v) is 10.4. The molecule has 1 saturated heterocycles. The van der Waals surface area contributed by atoms with Crippen molar-refractivity contribution in [1.29, 1.82) is 0 Å². The van der Waals surface area contributed by atoms with Gasteiger partial charge < -0.3 is 15.0 Å². The molecule has 4 heterocycles. The number of aromatic nitrogens is 2. The SMILES string of the molecule is O=C(NCc1cn2cc(Cl)ccc2n1)NCC(c1cccs1)N1CCCC1. The summed E-state index contributed by atoms with van der Waals surface area (Å²) >= 11 is 7.74. The van der Waals surface area contributed by atoms with Crippen molar-refractivity contribution in [2.75, 3.05) is 19.6 Å². The largest absolute Gasteiger partial charge is 0.336 e. The van der Waals surface area contributed by atoms with Crippen LogP contribution in [0, 0.1) is 0 Å². The topological polar surface area (TPSA) is 61.7 Å². The molecule has 0 spiro atoms. The van der Waals surface area contributed by atoms with Gasteiger partial charge in [0, 0.05) is 23.8 Å². The Balaban J connectivity index is 1.32.